The van der Waals surface area contributed by atoms with Crippen molar-refractivity contribution in [3.05, 3.63) is 62.0 Å². The van der Waals surface area contributed by atoms with E-state index in [9.17, 15) is 4.79 Å². The highest BCUT2D eigenvalue weighted by molar-refractivity contribution is 7.18. The fourth-order valence-electron chi connectivity index (χ4n) is 3.90. The van der Waals surface area contributed by atoms with E-state index in [0.29, 0.717) is 18.4 Å². The van der Waals surface area contributed by atoms with Gasteiger partial charge in [-0.2, -0.15) is 0 Å². The van der Waals surface area contributed by atoms with Crippen LogP contribution in [0.25, 0.3) is 10.2 Å². The van der Waals surface area contributed by atoms with Crippen molar-refractivity contribution in [2.75, 3.05) is 0 Å². The van der Waals surface area contributed by atoms with Gasteiger partial charge in [0.25, 0.3) is 5.56 Å². The number of nitrogens with zero attached hydrogens (tertiary/aromatic N) is 2. The van der Waals surface area contributed by atoms with Crippen LogP contribution in [-0.4, -0.2) is 9.55 Å². The summed E-state index contributed by atoms with van der Waals surface area (Å²) in [7, 11) is 0. The van der Waals surface area contributed by atoms with Crippen LogP contribution >= 0.6 is 11.3 Å². The van der Waals surface area contributed by atoms with Gasteiger partial charge in [0.2, 0.25) is 0 Å². The predicted octanol–water partition coefficient (Wildman–Crippen LogP) is 5.06. The summed E-state index contributed by atoms with van der Waals surface area (Å²) in [5.41, 5.74) is 3.88. The average molecular weight is 367 g/mol. The Kier molecular flexibility index (Phi) is 4.47. The van der Waals surface area contributed by atoms with Crippen LogP contribution in [0.2, 0.25) is 0 Å². The first-order valence-electron chi connectivity index (χ1n) is 9.54. The van der Waals surface area contributed by atoms with E-state index in [1.807, 2.05) is 11.5 Å². The molecule has 0 fully saturated rings. The Bertz CT molecular complexity index is 1010. The molecule has 0 radical (unpaired) electrons. The molecule has 0 N–H and O–H groups in total. The maximum absolute atomic E-state index is 13.3. The molecule has 0 spiro atoms. The zero-order chi connectivity index (χ0) is 18.4. The van der Waals surface area contributed by atoms with Crippen molar-refractivity contribution in [2.45, 2.75) is 59.4 Å². The third kappa shape index (κ3) is 3.01. The maximum atomic E-state index is 13.3. The lowest BCUT2D eigenvalue weighted by atomic mass is 9.89. The van der Waals surface area contributed by atoms with Crippen LogP contribution in [0, 0.1) is 12.8 Å². The summed E-state index contributed by atoms with van der Waals surface area (Å²) in [6, 6.07) is 8.60. The molecule has 1 aliphatic rings. The number of benzene rings is 1. The topological polar surface area (TPSA) is 34.9 Å². The van der Waals surface area contributed by atoms with Gasteiger partial charge in [0.05, 0.1) is 11.9 Å². The Hall–Kier alpha value is -1.94. The zero-order valence-corrected chi connectivity index (χ0v) is 16.8. The molecule has 0 aliphatic heterocycles. The highest BCUT2D eigenvalue weighted by Gasteiger charge is 2.24. The van der Waals surface area contributed by atoms with Gasteiger partial charge in [0.15, 0.2) is 0 Å². The van der Waals surface area contributed by atoms with E-state index in [-0.39, 0.29) is 5.56 Å². The second-order valence-corrected chi connectivity index (χ2v) is 9.06. The van der Waals surface area contributed by atoms with Crippen LogP contribution in [0.1, 0.15) is 60.5 Å². The Morgan fingerprint density at radius 2 is 2.00 bits per heavy atom. The van der Waals surface area contributed by atoms with E-state index < -0.39 is 0 Å². The summed E-state index contributed by atoms with van der Waals surface area (Å²) in [6.45, 7) is 9.23. The van der Waals surface area contributed by atoms with Gasteiger partial charge in [-0.05, 0) is 54.7 Å². The molecular formula is C22H26N2OS. The number of aromatic nitrogens is 2. The summed E-state index contributed by atoms with van der Waals surface area (Å²) in [5.74, 6) is 2.03. The zero-order valence-electron chi connectivity index (χ0n) is 16.0. The quantitative estimate of drug-likeness (QED) is 0.649. The summed E-state index contributed by atoms with van der Waals surface area (Å²) in [5, 5.41) is 0.876. The van der Waals surface area contributed by atoms with Crippen molar-refractivity contribution >= 4 is 21.6 Å². The third-order valence-corrected chi connectivity index (χ3v) is 6.74. The van der Waals surface area contributed by atoms with E-state index in [0.717, 1.165) is 34.4 Å². The van der Waals surface area contributed by atoms with E-state index in [2.05, 4.69) is 45.0 Å². The van der Waals surface area contributed by atoms with Crippen LogP contribution in [0.15, 0.2) is 29.1 Å². The minimum Gasteiger partial charge on any atom is -0.292 e. The highest BCUT2D eigenvalue weighted by Crippen LogP contribution is 2.35. The standard InChI is InChI=1S/C22H26N2OS/c1-13(2)17-8-6-16(7-9-17)12-24-15(4)23-21-20(22(24)25)18-10-5-14(3)11-19(18)26-21/h6-9,13-14H,5,10-12H2,1-4H3. The number of hydrogen-bond donors (Lipinski definition) is 0. The molecule has 0 bridgehead atoms. The Labute approximate surface area is 158 Å². The summed E-state index contributed by atoms with van der Waals surface area (Å²) < 4.78 is 1.84. The molecule has 2 aromatic heterocycles. The Morgan fingerprint density at radius 1 is 1.27 bits per heavy atom. The monoisotopic (exact) mass is 366 g/mol. The van der Waals surface area contributed by atoms with Crippen molar-refractivity contribution < 1.29 is 0 Å². The summed E-state index contributed by atoms with van der Waals surface area (Å²) in [4.78, 5) is 20.4. The normalized spacial score (nSPS) is 17.0. The van der Waals surface area contributed by atoms with Gasteiger partial charge in [-0.3, -0.25) is 9.36 Å². The number of rotatable bonds is 3. The SMILES string of the molecule is Cc1nc2sc3c(c2c(=O)n1Cc1ccc(C(C)C)cc1)CCC(C)C3. The van der Waals surface area contributed by atoms with Gasteiger partial charge in [-0.1, -0.05) is 45.0 Å². The minimum absolute atomic E-state index is 0.132. The van der Waals surface area contributed by atoms with Gasteiger partial charge in [-0.15, -0.1) is 11.3 Å². The van der Waals surface area contributed by atoms with E-state index in [1.54, 1.807) is 11.3 Å². The van der Waals surface area contributed by atoms with Crippen molar-refractivity contribution in [3.8, 4) is 0 Å². The van der Waals surface area contributed by atoms with E-state index >= 15 is 0 Å². The molecule has 136 valence electrons. The third-order valence-electron chi connectivity index (χ3n) is 5.59. The number of thiophene rings is 1. The smallest absolute Gasteiger partial charge is 0.262 e. The maximum Gasteiger partial charge on any atom is 0.262 e. The van der Waals surface area contributed by atoms with Gasteiger partial charge in [0.1, 0.15) is 10.7 Å². The number of hydrogen-bond acceptors (Lipinski definition) is 3. The average Bonchev–Trinajstić information content (AvgIpc) is 2.96. The van der Waals surface area contributed by atoms with E-state index in [1.165, 1.54) is 22.4 Å². The van der Waals surface area contributed by atoms with Crippen LogP contribution in [0.3, 0.4) is 0 Å². The molecule has 2 heterocycles. The summed E-state index contributed by atoms with van der Waals surface area (Å²) in [6.07, 6.45) is 3.27. The molecular weight excluding hydrogens is 340 g/mol. The summed E-state index contributed by atoms with van der Waals surface area (Å²) >= 11 is 1.73. The molecule has 0 saturated heterocycles. The van der Waals surface area contributed by atoms with Gasteiger partial charge >= 0.3 is 0 Å². The first kappa shape index (κ1) is 17.5. The molecule has 0 amide bonds. The fraction of sp³-hybridized carbons (Fsp3) is 0.455. The molecule has 1 unspecified atom stereocenters. The molecule has 1 atom stereocenters. The number of aryl methyl sites for hydroxylation is 2. The van der Waals surface area contributed by atoms with Crippen molar-refractivity contribution in [1.82, 2.24) is 9.55 Å². The van der Waals surface area contributed by atoms with Crippen LogP contribution < -0.4 is 5.56 Å². The molecule has 3 aromatic rings. The molecule has 0 saturated carbocycles. The fourth-order valence-corrected chi connectivity index (χ4v) is 5.32. The lowest BCUT2D eigenvalue weighted by molar-refractivity contribution is 0.509. The predicted molar refractivity (Wildman–Crippen MR) is 109 cm³/mol. The van der Waals surface area contributed by atoms with Gasteiger partial charge < -0.3 is 0 Å². The van der Waals surface area contributed by atoms with E-state index in [4.69, 9.17) is 4.98 Å². The lowest BCUT2D eigenvalue weighted by Crippen LogP contribution is -2.25. The highest BCUT2D eigenvalue weighted by atomic mass is 32.1. The second-order valence-electron chi connectivity index (χ2n) is 7.98. The molecule has 1 aliphatic carbocycles. The first-order valence-corrected chi connectivity index (χ1v) is 10.4. The molecule has 3 nitrogen and oxygen atoms in total. The van der Waals surface area contributed by atoms with Crippen molar-refractivity contribution in [3.63, 3.8) is 0 Å². The minimum atomic E-state index is 0.132. The number of fused-ring (bicyclic) bond motifs is 3. The van der Waals surface area contributed by atoms with Crippen molar-refractivity contribution in [2.24, 2.45) is 5.92 Å². The van der Waals surface area contributed by atoms with Crippen LogP contribution in [0.5, 0.6) is 0 Å². The largest absolute Gasteiger partial charge is 0.292 e. The van der Waals surface area contributed by atoms with Gasteiger partial charge in [0, 0.05) is 4.88 Å². The Morgan fingerprint density at radius 3 is 2.69 bits per heavy atom. The molecule has 1 aromatic carbocycles. The van der Waals surface area contributed by atoms with Gasteiger partial charge in [-0.25, -0.2) is 4.98 Å². The van der Waals surface area contributed by atoms with Crippen LogP contribution in [-0.2, 0) is 19.4 Å². The van der Waals surface area contributed by atoms with Crippen LogP contribution in [0.4, 0.5) is 0 Å². The molecule has 4 rings (SSSR count). The first-order chi connectivity index (χ1) is 12.4. The molecule has 4 heteroatoms. The van der Waals surface area contributed by atoms with Crippen molar-refractivity contribution in [1.29, 1.82) is 0 Å². The molecule has 26 heavy (non-hydrogen) atoms. The lowest BCUT2D eigenvalue weighted by Gasteiger charge is -2.17. The second kappa shape index (κ2) is 6.66. The Balaban J connectivity index is 1.77.